The summed E-state index contributed by atoms with van der Waals surface area (Å²) in [6, 6.07) is 24.9. The highest BCUT2D eigenvalue weighted by molar-refractivity contribution is 7.98. The number of carbonyl (C=O) groups is 1. The van der Waals surface area contributed by atoms with Crippen LogP contribution in [0.5, 0.6) is 0 Å². The van der Waals surface area contributed by atoms with E-state index < -0.39 is 0 Å². The molecule has 0 aliphatic carbocycles. The summed E-state index contributed by atoms with van der Waals surface area (Å²) in [5.74, 6) is 0.0181. The number of carbonyl (C=O) groups excluding carboxylic acids is 1. The number of aryl methyl sites for hydroxylation is 3. The minimum atomic E-state index is -0.361. The highest BCUT2D eigenvalue weighted by Gasteiger charge is 2.22. The van der Waals surface area contributed by atoms with Crippen LogP contribution < -0.4 is 10.6 Å². The molecule has 196 valence electrons. The Morgan fingerprint density at radius 3 is 2.23 bits per heavy atom. The molecule has 10 heteroatoms. The number of thioether (sulfide) groups is 1. The third-order valence-corrected chi connectivity index (χ3v) is 7.15. The molecule has 5 rings (SSSR count). The van der Waals surface area contributed by atoms with Gasteiger partial charge in [-0.25, -0.2) is 14.6 Å². The van der Waals surface area contributed by atoms with Gasteiger partial charge in [-0.1, -0.05) is 52.8 Å². The van der Waals surface area contributed by atoms with Crippen molar-refractivity contribution in [1.82, 2.24) is 25.0 Å². The zero-order valence-corrected chi connectivity index (χ0v) is 23.2. The standard InChI is InChI=1S/C29H26ClN7OS/c1-18-9-14-24(16-25(18)30)37-26(17-39-29-31-19(2)15-20(3)32-29)27(35-36-37)28(38)34-23-12-10-22(11-13-23)33-21-7-5-4-6-8-21/h4-16,33H,17H2,1-3H3,(H,34,38). The van der Waals surface area contributed by atoms with Gasteiger partial charge in [0.05, 0.1) is 11.4 Å². The van der Waals surface area contributed by atoms with Crippen LogP contribution >= 0.6 is 23.4 Å². The van der Waals surface area contributed by atoms with Crippen molar-refractivity contribution in [3.63, 3.8) is 0 Å². The van der Waals surface area contributed by atoms with Gasteiger partial charge in [-0.05, 0) is 80.9 Å². The van der Waals surface area contributed by atoms with Gasteiger partial charge in [0, 0.05) is 39.2 Å². The zero-order valence-electron chi connectivity index (χ0n) is 21.6. The molecule has 8 nitrogen and oxygen atoms in total. The fourth-order valence-electron chi connectivity index (χ4n) is 3.93. The maximum atomic E-state index is 13.4. The Kier molecular flexibility index (Phi) is 7.90. The second-order valence-corrected chi connectivity index (χ2v) is 10.3. The first-order valence-electron chi connectivity index (χ1n) is 12.3. The topological polar surface area (TPSA) is 97.6 Å². The zero-order chi connectivity index (χ0) is 27.4. The molecule has 0 fully saturated rings. The van der Waals surface area contributed by atoms with Gasteiger partial charge in [0.25, 0.3) is 5.91 Å². The lowest BCUT2D eigenvalue weighted by atomic mass is 10.2. The Hall–Kier alpha value is -4.21. The number of hydrogen-bond acceptors (Lipinski definition) is 7. The number of para-hydroxylation sites is 1. The average molecular weight is 556 g/mol. The van der Waals surface area contributed by atoms with E-state index in [4.69, 9.17) is 11.6 Å². The fourth-order valence-corrected chi connectivity index (χ4v) is 5.05. The van der Waals surface area contributed by atoms with Crippen molar-refractivity contribution in [2.45, 2.75) is 31.7 Å². The van der Waals surface area contributed by atoms with Crippen LogP contribution in [-0.2, 0) is 5.75 Å². The molecule has 0 aliphatic rings. The lowest BCUT2D eigenvalue weighted by molar-refractivity contribution is 0.102. The fraction of sp³-hybridized carbons (Fsp3) is 0.138. The van der Waals surface area contributed by atoms with E-state index in [1.807, 2.05) is 99.6 Å². The van der Waals surface area contributed by atoms with Crippen LogP contribution in [0.3, 0.4) is 0 Å². The predicted octanol–water partition coefficient (Wildman–Crippen LogP) is 6.92. The van der Waals surface area contributed by atoms with Crippen LogP contribution in [0.4, 0.5) is 17.1 Å². The predicted molar refractivity (Wildman–Crippen MR) is 156 cm³/mol. The first-order chi connectivity index (χ1) is 18.9. The molecule has 39 heavy (non-hydrogen) atoms. The highest BCUT2D eigenvalue weighted by atomic mass is 35.5. The largest absolute Gasteiger partial charge is 0.356 e. The number of rotatable bonds is 8. The molecule has 0 radical (unpaired) electrons. The first kappa shape index (κ1) is 26.4. The molecule has 0 bridgehead atoms. The van der Waals surface area contributed by atoms with Gasteiger partial charge >= 0.3 is 0 Å². The summed E-state index contributed by atoms with van der Waals surface area (Å²) in [7, 11) is 0. The van der Waals surface area contributed by atoms with Crippen LogP contribution in [0.1, 0.15) is 33.1 Å². The van der Waals surface area contributed by atoms with Gasteiger partial charge in [0.15, 0.2) is 10.9 Å². The van der Waals surface area contributed by atoms with E-state index >= 15 is 0 Å². The van der Waals surface area contributed by atoms with Crippen molar-refractivity contribution in [2.75, 3.05) is 10.6 Å². The van der Waals surface area contributed by atoms with Crippen LogP contribution in [0.15, 0.2) is 84.0 Å². The summed E-state index contributed by atoms with van der Waals surface area (Å²) in [6.07, 6.45) is 0. The van der Waals surface area contributed by atoms with Crippen molar-refractivity contribution in [1.29, 1.82) is 0 Å². The maximum Gasteiger partial charge on any atom is 0.278 e. The van der Waals surface area contributed by atoms with Gasteiger partial charge < -0.3 is 10.6 Å². The second-order valence-electron chi connectivity index (χ2n) is 8.97. The number of nitrogens with one attached hydrogen (secondary N) is 2. The van der Waals surface area contributed by atoms with Gasteiger partial charge in [0.2, 0.25) is 0 Å². The van der Waals surface area contributed by atoms with Crippen molar-refractivity contribution < 1.29 is 4.79 Å². The van der Waals surface area contributed by atoms with E-state index in [0.717, 1.165) is 28.3 Å². The van der Waals surface area contributed by atoms with E-state index in [1.165, 1.54) is 11.8 Å². The molecule has 0 saturated heterocycles. The Morgan fingerprint density at radius 1 is 0.872 bits per heavy atom. The monoisotopic (exact) mass is 555 g/mol. The summed E-state index contributed by atoms with van der Waals surface area (Å²) in [5, 5.41) is 16.1. The molecular weight excluding hydrogens is 530 g/mol. The van der Waals surface area contributed by atoms with Crippen molar-refractivity contribution in [3.8, 4) is 5.69 Å². The maximum absolute atomic E-state index is 13.4. The third kappa shape index (κ3) is 6.45. The molecule has 0 aliphatic heterocycles. The van der Waals surface area contributed by atoms with Crippen molar-refractivity contribution in [3.05, 3.63) is 112 Å². The van der Waals surface area contributed by atoms with Crippen LogP contribution in [-0.4, -0.2) is 30.9 Å². The SMILES string of the molecule is Cc1cc(C)nc(SCc2c(C(=O)Nc3ccc(Nc4ccccc4)cc3)nnn2-c2ccc(C)c(Cl)c2)n1. The van der Waals surface area contributed by atoms with E-state index in [9.17, 15) is 4.79 Å². The molecule has 0 spiro atoms. The Morgan fingerprint density at radius 2 is 1.54 bits per heavy atom. The van der Waals surface area contributed by atoms with Crippen molar-refractivity contribution >= 4 is 46.3 Å². The minimum Gasteiger partial charge on any atom is -0.356 e. The number of amides is 1. The molecule has 3 aromatic carbocycles. The molecule has 1 amide bonds. The van der Waals surface area contributed by atoms with E-state index in [2.05, 4.69) is 30.9 Å². The van der Waals surface area contributed by atoms with Crippen LogP contribution in [0, 0.1) is 20.8 Å². The molecule has 0 atom stereocenters. The van der Waals surface area contributed by atoms with E-state index in [-0.39, 0.29) is 11.6 Å². The molecule has 0 saturated carbocycles. The van der Waals surface area contributed by atoms with E-state index in [1.54, 1.807) is 4.68 Å². The normalized spacial score (nSPS) is 10.9. The molecule has 2 aromatic heterocycles. The third-order valence-electron chi connectivity index (χ3n) is 5.88. The number of aromatic nitrogens is 5. The van der Waals surface area contributed by atoms with E-state index in [0.29, 0.717) is 33.0 Å². The van der Waals surface area contributed by atoms with Gasteiger partial charge in [0.1, 0.15) is 0 Å². The number of hydrogen-bond donors (Lipinski definition) is 2. The molecular formula is C29H26ClN7OS. The van der Waals surface area contributed by atoms with Crippen LogP contribution in [0.25, 0.3) is 5.69 Å². The second kappa shape index (κ2) is 11.7. The Bertz CT molecular complexity index is 1600. The number of halogens is 1. The molecule has 2 N–H and O–H groups in total. The van der Waals surface area contributed by atoms with Crippen LogP contribution in [0.2, 0.25) is 5.02 Å². The Labute approximate surface area is 235 Å². The summed E-state index contributed by atoms with van der Waals surface area (Å²) >= 11 is 7.81. The number of nitrogens with zero attached hydrogens (tertiary/aromatic N) is 5. The molecule has 2 heterocycles. The summed E-state index contributed by atoms with van der Waals surface area (Å²) in [5.41, 5.74) is 6.79. The molecule has 0 unspecified atom stereocenters. The van der Waals surface area contributed by atoms with Gasteiger partial charge in [-0.3, -0.25) is 4.79 Å². The smallest absolute Gasteiger partial charge is 0.278 e. The lowest BCUT2D eigenvalue weighted by Gasteiger charge is -2.10. The number of anilines is 3. The Balaban J connectivity index is 1.40. The quantitative estimate of drug-likeness (QED) is 0.158. The summed E-state index contributed by atoms with van der Waals surface area (Å²) < 4.78 is 1.64. The molecule has 5 aromatic rings. The first-order valence-corrected chi connectivity index (χ1v) is 13.6. The van der Waals surface area contributed by atoms with Gasteiger partial charge in [-0.2, -0.15) is 0 Å². The summed E-state index contributed by atoms with van der Waals surface area (Å²) in [6.45, 7) is 5.79. The average Bonchev–Trinajstić information content (AvgIpc) is 3.34. The van der Waals surface area contributed by atoms with Gasteiger partial charge in [-0.15, -0.1) is 5.10 Å². The highest BCUT2D eigenvalue weighted by Crippen LogP contribution is 2.27. The van der Waals surface area contributed by atoms with Crippen molar-refractivity contribution in [2.24, 2.45) is 0 Å². The number of benzene rings is 3. The lowest BCUT2D eigenvalue weighted by Crippen LogP contribution is -2.15. The summed E-state index contributed by atoms with van der Waals surface area (Å²) in [4.78, 5) is 22.4. The minimum absolute atomic E-state index is 0.218.